The summed E-state index contributed by atoms with van der Waals surface area (Å²) >= 11 is 0. The first-order valence-corrected chi connectivity index (χ1v) is 1.86. The molecule has 0 aliphatic carbocycles. The van der Waals surface area contributed by atoms with Crippen LogP contribution in [0, 0.1) is 0 Å². The maximum absolute atomic E-state index is 10.1. The van der Waals surface area contributed by atoms with Gasteiger partial charge in [-0.25, -0.2) is 0 Å². The molecular formula is C4H7NO4. The molecule has 0 fully saturated rings. The summed E-state index contributed by atoms with van der Waals surface area (Å²) in [5, 5.41) is 17.6. The Morgan fingerprint density at radius 3 is 1.89 bits per heavy atom. The second-order valence-corrected chi connectivity index (χ2v) is 0.985. The fourth-order valence-electron chi connectivity index (χ4n) is 0.138. The smallest absolute Gasteiger partial charge is 0.317 e. The zero-order valence-electron chi connectivity index (χ0n) is 8.21. The Bertz CT molecular complexity index is 216. The number of carboxylic acids is 2. The molecule has 0 aromatic heterocycles. The van der Waals surface area contributed by atoms with Gasteiger partial charge in [-0.3, -0.25) is 14.9 Å². The van der Waals surface area contributed by atoms with Crippen LogP contribution in [0.3, 0.4) is 0 Å². The average Bonchev–Trinajstić information content (AvgIpc) is 1.83. The number of aliphatic carboxylic acids is 2. The predicted octanol–water partition coefficient (Wildman–Crippen LogP) is -1.25. The fraction of sp³-hybridized carbons (Fsp3) is 0.500. The first-order valence-electron chi connectivity index (χ1n) is 3.86. The van der Waals surface area contributed by atoms with Crippen molar-refractivity contribution in [3.05, 3.63) is 0 Å². The topological polar surface area (TPSA) is 86.6 Å². The molecule has 0 rings (SSSR count). The molecule has 9 heavy (non-hydrogen) atoms. The predicted molar refractivity (Wildman–Crippen MR) is 28.1 cm³/mol. The molecule has 52 valence electrons. The second-order valence-electron chi connectivity index (χ2n) is 0.985. The van der Waals surface area contributed by atoms with Crippen LogP contribution in [0.2, 0.25) is 0 Å². The van der Waals surface area contributed by atoms with Gasteiger partial charge in [-0.2, -0.15) is 0 Å². The van der Waals surface area contributed by atoms with Crippen molar-refractivity contribution in [3.63, 3.8) is 0 Å². The van der Waals surface area contributed by atoms with Crippen molar-refractivity contribution in [2.45, 2.75) is 0 Å². The normalized spacial score (nSPS) is 18.7. The molecule has 5 nitrogen and oxygen atoms in total. The lowest BCUT2D eigenvalue weighted by Gasteiger charge is -1.93. The Labute approximate surface area is 56.9 Å². The third-order valence-electron chi connectivity index (χ3n) is 0.339. The highest BCUT2D eigenvalue weighted by Crippen LogP contribution is 1.61. The van der Waals surface area contributed by atoms with Crippen LogP contribution < -0.4 is 5.32 Å². The van der Waals surface area contributed by atoms with Crippen LogP contribution in [0.4, 0.5) is 0 Å². The van der Waals surface area contributed by atoms with Crippen molar-refractivity contribution >= 4 is 11.9 Å². The first-order chi connectivity index (χ1) is 5.59. The fourth-order valence-corrected chi connectivity index (χ4v) is 0.138. The lowest BCUT2D eigenvalue weighted by Crippen LogP contribution is -2.27. The van der Waals surface area contributed by atoms with E-state index in [0.717, 1.165) is 0 Å². The maximum atomic E-state index is 10.1. The van der Waals surface area contributed by atoms with Crippen molar-refractivity contribution in [1.82, 2.24) is 5.32 Å². The van der Waals surface area contributed by atoms with Crippen LogP contribution in [-0.2, 0) is 9.59 Å². The summed E-state index contributed by atoms with van der Waals surface area (Å²) in [6.45, 7) is -6.25. The van der Waals surface area contributed by atoms with Gasteiger partial charge in [0.1, 0.15) is 0 Å². The van der Waals surface area contributed by atoms with Gasteiger partial charge >= 0.3 is 11.9 Å². The van der Waals surface area contributed by atoms with Crippen molar-refractivity contribution in [2.24, 2.45) is 0 Å². The lowest BCUT2D eigenvalue weighted by molar-refractivity contribution is -0.137. The van der Waals surface area contributed by atoms with Crippen LogP contribution in [0.1, 0.15) is 5.48 Å². The third kappa shape index (κ3) is 6.90. The van der Waals surface area contributed by atoms with E-state index in [1.165, 1.54) is 5.32 Å². The van der Waals surface area contributed by atoms with E-state index in [-0.39, 0.29) is 0 Å². The van der Waals surface area contributed by atoms with Crippen molar-refractivity contribution in [3.8, 4) is 0 Å². The lowest BCUT2D eigenvalue weighted by atomic mass is 10.6. The van der Waals surface area contributed by atoms with Crippen LogP contribution in [0.25, 0.3) is 0 Å². The molecule has 0 radical (unpaired) electrons. The van der Waals surface area contributed by atoms with Crippen molar-refractivity contribution in [1.29, 1.82) is 0 Å². The van der Waals surface area contributed by atoms with E-state index in [2.05, 4.69) is 0 Å². The molecule has 0 atom stereocenters. The van der Waals surface area contributed by atoms with Gasteiger partial charge in [0.05, 0.1) is 18.5 Å². The minimum Gasteiger partial charge on any atom is -0.480 e. The average molecular weight is 137 g/mol. The van der Waals surface area contributed by atoms with E-state index in [1.807, 2.05) is 0 Å². The molecule has 0 saturated heterocycles. The van der Waals surface area contributed by atoms with Gasteiger partial charge in [-0.1, -0.05) is 0 Å². The number of carbonyl (C=O) groups is 2. The Hall–Kier alpha value is -1.10. The standard InChI is InChI=1S/C4H7NO4/c6-3(7)1-5-2-4(8)9/h5H,1-2H2,(H,6,7)(H,8,9)/i1D2,2D2. The van der Waals surface area contributed by atoms with Gasteiger partial charge in [-0.15, -0.1) is 0 Å². The quantitative estimate of drug-likeness (QED) is 0.450. The van der Waals surface area contributed by atoms with Gasteiger partial charge in [0.25, 0.3) is 0 Å². The summed E-state index contributed by atoms with van der Waals surface area (Å²) < 4.78 is 26.7. The van der Waals surface area contributed by atoms with E-state index in [0.29, 0.717) is 0 Å². The minimum absolute atomic E-state index is 1.20. The number of hydrogen-bond donors (Lipinski definition) is 3. The SMILES string of the molecule is [2H]C([2H])(NC([2H])([2H])C(=O)O)C(=O)O. The van der Waals surface area contributed by atoms with Gasteiger partial charge in [0.2, 0.25) is 0 Å². The van der Waals surface area contributed by atoms with Crippen molar-refractivity contribution in [2.75, 3.05) is 13.0 Å². The second kappa shape index (κ2) is 3.85. The summed E-state index contributed by atoms with van der Waals surface area (Å²) in [6, 6.07) is 0. The molecule has 0 aliphatic heterocycles. The van der Waals surface area contributed by atoms with Crippen LogP contribution in [-0.4, -0.2) is 35.1 Å². The van der Waals surface area contributed by atoms with E-state index in [1.54, 1.807) is 0 Å². The molecule has 0 amide bonds. The molecule has 0 saturated carbocycles. The molecule has 0 unspecified atom stereocenters. The zero-order valence-corrected chi connectivity index (χ0v) is 4.21. The van der Waals surface area contributed by atoms with E-state index >= 15 is 0 Å². The van der Waals surface area contributed by atoms with E-state index in [9.17, 15) is 9.59 Å². The highest BCUT2D eigenvalue weighted by molar-refractivity contribution is 5.72. The van der Waals surface area contributed by atoms with Gasteiger partial charge in [0, 0.05) is 0 Å². The summed E-state index contributed by atoms with van der Waals surface area (Å²) in [6.07, 6.45) is 0. The molecule has 0 bridgehead atoms. The Morgan fingerprint density at radius 2 is 1.67 bits per heavy atom. The summed E-state index contributed by atoms with van der Waals surface area (Å²) in [5.41, 5.74) is 0. The summed E-state index contributed by atoms with van der Waals surface area (Å²) in [5.74, 6) is -3.98. The maximum Gasteiger partial charge on any atom is 0.317 e. The minimum atomic E-state index is -3.12. The molecule has 0 heterocycles. The van der Waals surface area contributed by atoms with E-state index < -0.39 is 24.9 Å². The van der Waals surface area contributed by atoms with Crippen LogP contribution >= 0.6 is 0 Å². The third-order valence-corrected chi connectivity index (χ3v) is 0.339. The molecule has 0 aromatic rings. The van der Waals surface area contributed by atoms with Crippen LogP contribution in [0.15, 0.2) is 0 Å². The Kier molecular flexibility index (Phi) is 1.35. The summed E-state index contributed by atoms with van der Waals surface area (Å²) in [7, 11) is 0. The van der Waals surface area contributed by atoms with Crippen molar-refractivity contribution < 1.29 is 25.3 Å². The monoisotopic (exact) mass is 137 g/mol. The zero-order chi connectivity index (χ0) is 10.9. The number of hydrogen-bond acceptors (Lipinski definition) is 3. The van der Waals surface area contributed by atoms with Gasteiger partial charge in [0.15, 0.2) is 0 Å². The first kappa shape index (κ1) is 3.17. The molecule has 0 spiro atoms. The van der Waals surface area contributed by atoms with Gasteiger partial charge < -0.3 is 10.2 Å². The molecular weight excluding hydrogens is 126 g/mol. The number of carboxylic acid groups (broad SMARTS) is 2. The Morgan fingerprint density at radius 1 is 1.33 bits per heavy atom. The number of rotatable bonds is 4. The summed E-state index contributed by atoms with van der Waals surface area (Å²) in [4.78, 5) is 20.2. The molecule has 5 heteroatoms. The highest BCUT2D eigenvalue weighted by atomic mass is 16.4. The highest BCUT2D eigenvalue weighted by Gasteiger charge is 1.97. The molecule has 0 aromatic carbocycles. The number of nitrogens with one attached hydrogen (secondary N) is 1. The molecule has 0 aliphatic rings. The largest absolute Gasteiger partial charge is 0.480 e. The Balaban J connectivity index is 4.61. The van der Waals surface area contributed by atoms with E-state index in [4.69, 9.17) is 15.7 Å². The molecule has 3 N–H and O–H groups in total. The van der Waals surface area contributed by atoms with Gasteiger partial charge in [-0.05, 0) is 0 Å². The van der Waals surface area contributed by atoms with Crippen LogP contribution in [0.5, 0.6) is 0 Å².